The normalized spacial score (nSPS) is 11.0. The fourth-order valence-corrected chi connectivity index (χ4v) is 5.96. The molecule has 0 amide bonds. The van der Waals surface area contributed by atoms with Crippen LogP contribution >= 0.6 is 0 Å². The third-order valence-electron chi connectivity index (χ3n) is 9.43. The summed E-state index contributed by atoms with van der Waals surface area (Å²) in [4.78, 5) is 30.5. The van der Waals surface area contributed by atoms with Gasteiger partial charge in [-0.15, -0.1) is 0 Å². The summed E-state index contributed by atoms with van der Waals surface area (Å²) in [6.45, 7) is 6.72. The van der Waals surface area contributed by atoms with Gasteiger partial charge in [0.25, 0.3) is 0 Å². The molecule has 0 aliphatic carbocycles. The van der Waals surface area contributed by atoms with Crippen molar-refractivity contribution in [1.82, 2.24) is 0 Å². The Morgan fingerprint density at radius 2 is 0.455 bits per heavy atom. The molecule has 0 N–H and O–H groups in total. The van der Waals surface area contributed by atoms with Gasteiger partial charge in [-0.05, 0) is 116 Å². The van der Waals surface area contributed by atoms with E-state index in [0.717, 1.165) is 57.8 Å². The van der Waals surface area contributed by atoms with Gasteiger partial charge in [0, 0.05) is 17.9 Å². The minimum Gasteiger partial charge on any atom is -0.550 e. The maximum atomic E-state index is 10.2. The van der Waals surface area contributed by atoms with Crippen molar-refractivity contribution in [1.29, 1.82) is 0 Å². The fourth-order valence-electron chi connectivity index (χ4n) is 5.96. The van der Waals surface area contributed by atoms with E-state index in [1.807, 2.05) is 0 Å². The minimum atomic E-state index is -0.916. The minimum absolute atomic E-state index is 0. The molecule has 0 saturated carbocycles. The Hall–Kier alpha value is -1.05. The van der Waals surface area contributed by atoms with Crippen molar-refractivity contribution in [3.05, 3.63) is 36.5 Å². The molecular formula is C48H87GdO6. The first kappa shape index (κ1) is 60.6. The molecule has 0 aliphatic heterocycles. The Labute approximate surface area is 373 Å². The number of allylic oxidation sites excluding steroid dienone is 6. The molecule has 0 rings (SSSR count). The van der Waals surface area contributed by atoms with Crippen LogP contribution in [0.5, 0.6) is 0 Å². The summed E-state index contributed by atoms with van der Waals surface area (Å²) in [5, 5.41) is 30.5. The van der Waals surface area contributed by atoms with Crippen molar-refractivity contribution in [2.75, 3.05) is 0 Å². The summed E-state index contributed by atoms with van der Waals surface area (Å²) >= 11 is 0. The Kier molecular flexibility index (Phi) is 63.1. The van der Waals surface area contributed by atoms with Gasteiger partial charge in [0.2, 0.25) is 0 Å². The smallest absolute Gasteiger partial charge is 0.550 e. The third-order valence-corrected chi connectivity index (χ3v) is 9.43. The number of carboxylic acids is 3. The van der Waals surface area contributed by atoms with Crippen LogP contribution in [0.3, 0.4) is 0 Å². The van der Waals surface area contributed by atoms with E-state index in [-0.39, 0.29) is 59.2 Å². The van der Waals surface area contributed by atoms with E-state index in [1.54, 1.807) is 0 Å². The zero-order chi connectivity index (χ0) is 40.4. The van der Waals surface area contributed by atoms with Gasteiger partial charge in [-0.25, -0.2) is 0 Å². The molecule has 0 atom stereocenters. The monoisotopic (exact) mass is 918 g/mol. The van der Waals surface area contributed by atoms with Crippen LogP contribution < -0.4 is 15.3 Å². The molecular weight excluding hydrogens is 830 g/mol. The van der Waals surface area contributed by atoms with Gasteiger partial charge in [-0.1, -0.05) is 173 Å². The van der Waals surface area contributed by atoms with Crippen molar-refractivity contribution in [3.8, 4) is 0 Å². The van der Waals surface area contributed by atoms with Crippen molar-refractivity contribution < 1.29 is 69.6 Å². The molecule has 0 aliphatic rings. The van der Waals surface area contributed by atoms with E-state index in [9.17, 15) is 29.7 Å². The molecule has 55 heavy (non-hydrogen) atoms. The molecule has 0 aromatic rings. The van der Waals surface area contributed by atoms with Crippen LogP contribution in [0.4, 0.5) is 0 Å². The molecule has 0 saturated heterocycles. The predicted octanol–water partition coefficient (Wildman–Crippen LogP) is 12.0. The number of aliphatic carboxylic acids is 3. The van der Waals surface area contributed by atoms with Crippen LogP contribution in [-0.2, 0) is 14.4 Å². The average molecular weight is 917 g/mol. The van der Waals surface area contributed by atoms with Crippen LogP contribution in [0.25, 0.3) is 0 Å². The van der Waals surface area contributed by atoms with Crippen LogP contribution in [0.2, 0.25) is 0 Å². The van der Waals surface area contributed by atoms with Crippen LogP contribution in [0, 0.1) is 39.9 Å². The fraction of sp³-hybridized carbons (Fsp3) is 0.812. The van der Waals surface area contributed by atoms with E-state index in [4.69, 9.17) is 0 Å². The first-order valence-corrected chi connectivity index (χ1v) is 22.9. The molecule has 0 aromatic carbocycles. The molecule has 323 valence electrons. The van der Waals surface area contributed by atoms with E-state index in [0.29, 0.717) is 0 Å². The van der Waals surface area contributed by atoms with E-state index in [2.05, 4.69) is 57.2 Å². The van der Waals surface area contributed by atoms with Crippen LogP contribution in [0.15, 0.2) is 36.5 Å². The Morgan fingerprint density at radius 3 is 0.636 bits per heavy atom. The Morgan fingerprint density at radius 1 is 0.291 bits per heavy atom. The van der Waals surface area contributed by atoms with Crippen molar-refractivity contribution in [2.24, 2.45) is 0 Å². The second-order valence-electron chi connectivity index (χ2n) is 15.0. The van der Waals surface area contributed by atoms with E-state index in [1.165, 1.54) is 154 Å². The van der Waals surface area contributed by atoms with Gasteiger partial charge in [0.1, 0.15) is 0 Å². The molecule has 0 spiro atoms. The van der Waals surface area contributed by atoms with E-state index < -0.39 is 17.9 Å². The number of carbonyl (C=O) groups excluding carboxylic acids is 3. The molecule has 0 unspecified atom stereocenters. The Bertz CT molecular complexity index is 744. The zero-order valence-corrected chi connectivity index (χ0v) is 38.5. The van der Waals surface area contributed by atoms with Gasteiger partial charge < -0.3 is 29.7 Å². The number of rotatable bonds is 39. The number of hydrogen-bond acceptors (Lipinski definition) is 6. The molecule has 7 heteroatoms. The topological polar surface area (TPSA) is 120 Å². The first-order chi connectivity index (χ1) is 26.3. The third kappa shape index (κ3) is 71.2. The second kappa shape index (κ2) is 57.3. The van der Waals surface area contributed by atoms with Gasteiger partial charge in [0.15, 0.2) is 0 Å². The average Bonchev–Trinajstić information content (AvgIpc) is 3.14. The zero-order valence-electron chi connectivity index (χ0n) is 36.2. The maximum absolute atomic E-state index is 10.2. The summed E-state index contributed by atoms with van der Waals surface area (Å²) in [6, 6.07) is 0. The number of carboxylic acid groups (broad SMARTS) is 3. The maximum Gasteiger partial charge on any atom is 3.00 e. The summed E-state index contributed by atoms with van der Waals surface area (Å²) in [5.74, 6) is -2.75. The van der Waals surface area contributed by atoms with Crippen molar-refractivity contribution in [3.63, 3.8) is 0 Å². The summed E-state index contributed by atoms with van der Waals surface area (Å²) in [6.07, 6.45) is 53.9. The van der Waals surface area contributed by atoms with Gasteiger partial charge in [-0.3, -0.25) is 0 Å². The molecule has 0 fully saturated rings. The van der Waals surface area contributed by atoms with Crippen molar-refractivity contribution >= 4 is 17.9 Å². The molecule has 0 bridgehead atoms. The molecule has 6 nitrogen and oxygen atoms in total. The number of carbonyl (C=O) groups is 3. The van der Waals surface area contributed by atoms with Gasteiger partial charge >= 0.3 is 39.9 Å². The quantitative estimate of drug-likeness (QED) is 0.0447. The molecule has 1 radical (unpaired) electrons. The molecule has 0 heterocycles. The largest absolute Gasteiger partial charge is 3.00 e. The SMILES string of the molecule is CCCCCC/C=C\CCCCCCCC(=O)[O-].CCCCCC/C=C\CCCCCCCC(=O)[O-].CCCCCC/C=C\CCCCCCCC(=O)[O-].[Gd+3]. The van der Waals surface area contributed by atoms with Gasteiger partial charge in [-0.2, -0.15) is 0 Å². The van der Waals surface area contributed by atoms with Crippen molar-refractivity contribution in [2.45, 2.75) is 252 Å². The summed E-state index contributed by atoms with van der Waals surface area (Å²) in [5.41, 5.74) is 0. The standard InChI is InChI=1S/3C16H30O2.Gd/c3*1-2-3-4-5-6-7-8-9-10-11-12-13-14-15-16(17)18;/h3*7-8H,2-6,9-15H2,1H3,(H,17,18);/q;;;+3/p-3/b3*8-7-;. The van der Waals surface area contributed by atoms with Gasteiger partial charge in [0.05, 0.1) is 0 Å². The van der Waals surface area contributed by atoms with Crippen LogP contribution in [0.1, 0.15) is 252 Å². The Balaban J connectivity index is -0.000000351. The summed E-state index contributed by atoms with van der Waals surface area (Å²) in [7, 11) is 0. The molecule has 0 aromatic heterocycles. The number of unbranched alkanes of at least 4 members (excludes halogenated alkanes) is 27. The first-order valence-electron chi connectivity index (χ1n) is 22.9. The van der Waals surface area contributed by atoms with Crippen LogP contribution in [-0.4, -0.2) is 17.9 Å². The second-order valence-corrected chi connectivity index (χ2v) is 15.0. The van der Waals surface area contributed by atoms with E-state index >= 15 is 0 Å². The number of hydrogen-bond donors (Lipinski definition) is 0. The summed E-state index contributed by atoms with van der Waals surface area (Å²) < 4.78 is 0. The predicted molar refractivity (Wildman–Crippen MR) is 226 cm³/mol.